The Kier molecular flexibility index (Phi) is 4.90. The molecular weight excluding hydrogens is 308 g/mol. The molecule has 0 aliphatic carbocycles. The van der Waals surface area contributed by atoms with Crippen molar-refractivity contribution in [3.63, 3.8) is 0 Å². The second-order valence-electron chi connectivity index (χ2n) is 6.82. The predicted molar refractivity (Wildman–Crippen MR) is 92.7 cm³/mol. The van der Waals surface area contributed by atoms with Crippen LogP contribution in [-0.2, 0) is 16.8 Å². The summed E-state index contributed by atoms with van der Waals surface area (Å²) in [6.45, 7) is 10.3. The Labute approximate surface area is 141 Å². The van der Waals surface area contributed by atoms with Crippen molar-refractivity contribution in [3.05, 3.63) is 33.9 Å². The van der Waals surface area contributed by atoms with Gasteiger partial charge in [0.25, 0.3) is 0 Å². The number of nitriles is 1. The number of nitrogens with one attached hydrogen (secondary N) is 1. The Morgan fingerprint density at radius 1 is 1.48 bits per heavy atom. The third-order valence-electron chi connectivity index (χ3n) is 3.34. The van der Waals surface area contributed by atoms with Crippen LogP contribution in [-0.4, -0.2) is 15.5 Å². The minimum absolute atomic E-state index is 0.126. The predicted octanol–water partition coefficient (Wildman–Crippen LogP) is 3.88. The first-order valence-electron chi connectivity index (χ1n) is 7.58. The van der Waals surface area contributed by atoms with Crippen molar-refractivity contribution in [2.75, 3.05) is 5.32 Å². The summed E-state index contributed by atoms with van der Waals surface area (Å²) in [4.78, 5) is 16.8. The Bertz CT molecular complexity index is 743. The molecule has 0 bridgehead atoms. The van der Waals surface area contributed by atoms with Crippen molar-refractivity contribution >= 4 is 23.1 Å². The second-order valence-corrected chi connectivity index (χ2v) is 7.71. The zero-order chi connectivity index (χ0) is 17.2. The van der Waals surface area contributed by atoms with Crippen LogP contribution in [0.3, 0.4) is 0 Å². The van der Waals surface area contributed by atoms with Gasteiger partial charge in [0.05, 0.1) is 22.7 Å². The van der Waals surface area contributed by atoms with Crippen molar-refractivity contribution in [1.29, 1.82) is 5.26 Å². The molecule has 5 nitrogen and oxygen atoms in total. The fraction of sp³-hybridized carbons (Fsp3) is 0.471. The lowest BCUT2D eigenvalue weighted by Crippen LogP contribution is -2.25. The molecule has 0 saturated carbocycles. The van der Waals surface area contributed by atoms with E-state index in [1.54, 1.807) is 23.6 Å². The van der Waals surface area contributed by atoms with Gasteiger partial charge in [-0.25, -0.2) is 4.98 Å². The highest BCUT2D eigenvalue weighted by molar-refractivity contribution is 7.09. The van der Waals surface area contributed by atoms with Gasteiger partial charge in [0.2, 0.25) is 5.91 Å². The molecule has 2 aromatic rings. The molecule has 23 heavy (non-hydrogen) atoms. The molecule has 0 saturated heterocycles. The molecule has 0 radical (unpaired) electrons. The molecule has 0 spiro atoms. The van der Waals surface area contributed by atoms with Gasteiger partial charge in [-0.2, -0.15) is 5.26 Å². The molecule has 2 aromatic heterocycles. The average molecular weight is 330 g/mol. The first-order chi connectivity index (χ1) is 10.7. The standard InChI is InChI=1S/C17H22N4OS/c1-11(2)16-19-13(10-23-16)7-15(22)20-14-6-12(8-18)9-21(14)17(3,4)5/h6,9-11H,7H2,1-5H3,(H,20,22). The number of hydrogen-bond acceptors (Lipinski definition) is 4. The molecular formula is C17H22N4OS. The number of carbonyl (C=O) groups is 1. The van der Waals surface area contributed by atoms with Crippen LogP contribution in [0, 0.1) is 11.3 Å². The van der Waals surface area contributed by atoms with Crippen LogP contribution in [0.15, 0.2) is 17.6 Å². The average Bonchev–Trinajstić information content (AvgIpc) is 3.04. The van der Waals surface area contributed by atoms with Crippen molar-refractivity contribution in [3.8, 4) is 6.07 Å². The zero-order valence-corrected chi connectivity index (χ0v) is 15.0. The lowest BCUT2D eigenvalue weighted by atomic mass is 10.1. The third-order valence-corrected chi connectivity index (χ3v) is 4.54. The van der Waals surface area contributed by atoms with Gasteiger partial charge >= 0.3 is 0 Å². The van der Waals surface area contributed by atoms with E-state index < -0.39 is 0 Å². The largest absolute Gasteiger partial charge is 0.328 e. The normalized spacial score (nSPS) is 11.5. The summed E-state index contributed by atoms with van der Waals surface area (Å²) in [5.41, 5.74) is 1.10. The Hall–Kier alpha value is -2.13. The summed E-state index contributed by atoms with van der Waals surface area (Å²) < 4.78 is 1.91. The summed E-state index contributed by atoms with van der Waals surface area (Å²) in [6, 6.07) is 3.81. The Balaban J connectivity index is 2.14. The molecule has 0 atom stereocenters. The van der Waals surface area contributed by atoms with Gasteiger partial charge < -0.3 is 9.88 Å². The molecule has 1 amide bonds. The van der Waals surface area contributed by atoms with Crippen LogP contribution in [0.25, 0.3) is 0 Å². The van der Waals surface area contributed by atoms with E-state index in [2.05, 4.69) is 30.2 Å². The number of thiazole rings is 1. The molecule has 0 aromatic carbocycles. The summed E-state index contributed by atoms with van der Waals surface area (Å²) in [6.07, 6.45) is 2.00. The Morgan fingerprint density at radius 2 is 2.17 bits per heavy atom. The van der Waals surface area contributed by atoms with Crippen LogP contribution >= 0.6 is 11.3 Å². The van der Waals surface area contributed by atoms with E-state index in [4.69, 9.17) is 5.26 Å². The fourth-order valence-corrected chi connectivity index (χ4v) is 3.03. The summed E-state index contributed by atoms with van der Waals surface area (Å²) in [5, 5.41) is 14.9. The lowest BCUT2D eigenvalue weighted by Gasteiger charge is -2.24. The van der Waals surface area contributed by atoms with Crippen molar-refractivity contribution in [2.24, 2.45) is 0 Å². The highest BCUT2D eigenvalue weighted by atomic mass is 32.1. The van der Waals surface area contributed by atoms with Gasteiger partial charge in [0.1, 0.15) is 11.9 Å². The summed E-state index contributed by atoms with van der Waals surface area (Å²) in [5.74, 6) is 0.880. The number of nitrogens with zero attached hydrogens (tertiary/aromatic N) is 3. The molecule has 0 aliphatic heterocycles. The van der Waals surface area contributed by atoms with E-state index in [0.29, 0.717) is 17.3 Å². The third kappa shape index (κ3) is 4.20. The maximum atomic E-state index is 12.3. The maximum Gasteiger partial charge on any atom is 0.231 e. The second kappa shape index (κ2) is 6.55. The van der Waals surface area contributed by atoms with Crippen molar-refractivity contribution in [1.82, 2.24) is 9.55 Å². The molecule has 6 heteroatoms. The summed E-state index contributed by atoms with van der Waals surface area (Å²) in [7, 11) is 0. The quantitative estimate of drug-likeness (QED) is 0.925. The van der Waals surface area contributed by atoms with E-state index >= 15 is 0 Å². The van der Waals surface area contributed by atoms with Gasteiger partial charge in [0, 0.05) is 23.0 Å². The van der Waals surface area contributed by atoms with Crippen molar-refractivity contribution in [2.45, 2.75) is 52.5 Å². The molecule has 2 heterocycles. The number of aromatic nitrogens is 2. The number of carbonyl (C=O) groups excluding carboxylic acids is 1. The highest BCUT2D eigenvalue weighted by Crippen LogP contribution is 2.24. The van der Waals surface area contributed by atoms with Crippen LogP contribution < -0.4 is 5.32 Å². The highest BCUT2D eigenvalue weighted by Gasteiger charge is 2.19. The maximum absolute atomic E-state index is 12.3. The van der Waals surface area contributed by atoms with Gasteiger partial charge in [-0.3, -0.25) is 4.79 Å². The zero-order valence-electron chi connectivity index (χ0n) is 14.2. The number of rotatable bonds is 4. The van der Waals surface area contributed by atoms with Crippen LogP contribution in [0.2, 0.25) is 0 Å². The molecule has 122 valence electrons. The molecule has 0 fully saturated rings. The first-order valence-corrected chi connectivity index (χ1v) is 8.46. The van der Waals surface area contributed by atoms with Crippen LogP contribution in [0.1, 0.15) is 56.8 Å². The number of hydrogen-bond donors (Lipinski definition) is 1. The summed E-state index contributed by atoms with van der Waals surface area (Å²) >= 11 is 1.58. The monoisotopic (exact) mass is 330 g/mol. The number of amides is 1. The minimum Gasteiger partial charge on any atom is -0.328 e. The van der Waals surface area contributed by atoms with Crippen LogP contribution in [0.4, 0.5) is 5.82 Å². The minimum atomic E-state index is -0.219. The van der Waals surface area contributed by atoms with E-state index in [-0.39, 0.29) is 17.9 Å². The van der Waals surface area contributed by atoms with Gasteiger partial charge in [0.15, 0.2) is 0 Å². The fourth-order valence-electron chi connectivity index (χ4n) is 2.20. The molecule has 0 unspecified atom stereocenters. The Morgan fingerprint density at radius 3 is 2.70 bits per heavy atom. The smallest absolute Gasteiger partial charge is 0.231 e. The van der Waals surface area contributed by atoms with Crippen LogP contribution in [0.5, 0.6) is 0 Å². The molecule has 2 rings (SSSR count). The van der Waals surface area contributed by atoms with E-state index in [1.165, 1.54) is 0 Å². The molecule has 0 aliphatic rings. The topological polar surface area (TPSA) is 70.7 Å². The van der Waals surface area contributed by atoms with E-state index in [0.717, 1.165) is 10.7 Å². The van der Waals surface area contributed by atoms with Gasteiger partial charge in [-0.05, 0) is 26.8 Å². The number of anilines is 1. The molecule has 1 N–H and O–H groups in total. The van der Waals surface area contributed by atoms with E-state index in [9.17, 15) is 4.79 Å². The first kappa shape index (κ1) is 17.2. The SMILES string of the molecule is CC(C)c1nc(CC(=O)Nc2cc(C#N)cn2C(C)(C)C)cs1. The van der Waals surface area contributed by atoms with Crippen molar-refractivity contribution < 1.29 is 4.79 Å². The lowest BCUT2D eigenvalue weighted by molar-refractivity contribution is -0.115. The van der Waals surface area contributed by atoms with E-state index in [1.807, 2.05) is 30.7 Å². The van der Waals surface area contributed by atoms with Gasteiger partial charge in [-0.1, -0.05) is 13.8 Å². The van der Waals surface area contributed by atoms with Gasteiger partial charge in [-0.15, -0.1) is 11.3 Å².